The highest BCUT2D eigenvalue weighted by Gasteiger charge is 2.14. The Kier molecular flexibility index (Phi) is 4.53. The molecule has 6 heteroatoms. The van der Waals surface area contributed by atoms with Gasteiger partial charge in [0.05, 0.1) is 18.0 Å². The van der Waals surface area contributed by atoms with E-state index in [1.54, 1.807) is 11.3 Å². The maximum atomic E-state index is 8.62. The van der Waals surface area contributed by atoms with Crippen LogP contribution in [-0.2, 0) is 6.54 Å². The van der Waals surface area contributed by atoms with Crippen LogP contribution in [0.2, 0.25) is 0 Å². The number of aromatic nitrogens is 2. The van der Waals surface area contributed by atoms with Gasteiger partial charge in [0.25, 0.3) is 0 Å². The lowest BCUT2D eigenvalue weighted by molar-refractivity contribution is 0.327. The first-order valence-corrected chi connectivity index (χ1v) is 7.38. The predicted octanol–water partition coefficient (Wildman–Crippen LogP) is 2.70. The summed E-state index contributed by atoms with van der Waals surface area (Å²) in [7, 11) is 3.87. The SMILES string of the molecule is CNc1nc(CN(C)CCC#N)nc2sc(C)c(C)c12. The molecule has 2 aromatic rings. The van der Waals surface area contributed by atoms with Crippen LogP contribution in [0, 0.1) is 25.2 Å². The Morgan fingerprint density at radius 2 is 2.10 bits per heavy atom. The van der Waals surface area contributed by atoms with Crippen molar-refractivity contribution >= 4 is 27.4 Å². The lowest BCUT2D eigenvalue weighted by atomic mass is 10.2. The molecule has 0 aromatic carbocycles. The van der Waals surface area contributed by atoms with Crippen LogP contribution in [0.1, 0.15) is 22.7 Å². The second-order valence-corrected chi connectivity index (χ2v) is 6.05. The van der Waals surface area contributed by atoms with E-state index < -0.39 is 0 Å². The summed E-state index contributed by atoms with van der Waals surface area (Å²) in [5.41, 5.74) is 1.25. The minimum Gasteiger partial charge on any atom is -0.372 e. The largest absolute Gasteiger partial charge is 0.372 e. The van der Waals surface area contributed by atoms with E-state index in [4.69, 9.17) is 5.26 Å². The molecule has 0 amide bonds. The number of nitrogens with zero attached hydrogens (tertiary/aromatic N) is 4. The standard InChI is InChI=1S/C14H19N5S/c1-9-10(2)20-14-12(9)13(16-3)17-11(18-14)8-19(4)7-5-6-15/h5,7-8H2,1-4H3,(H,16,17,18). The van der Waals surface area contributed by atoms with E-state index in [-0.39, 0.29) is 0 Å². The fourth-order valence-electron chi connectivity index (χ4n) is 2.11. The number of rotatable bonds is 5. The first kappa shape index (κ1) is 14.7. The minimum atomic E-state index is 0.523. The summed E-state index contributed by atoms with van der Waals surface area (Å²) < 4.78 is 0. The Morgan fingerprint density at radius 1 is 1.35 bits per heavy atom. The van der Waals surface area contributed by atoms with Crippen LogP contribution in [0.3, 0.4) is 0 Å². The molecule has 20 heavy (non-hydrogen) atoms. The number of hydrogen-bond acceptors (Lipinski definition) is 6. The molecule has 2 aromatic heterocycles. The number of anilines is 1. The summed E-state index contributed by atoms with van der Waals surface area (Å²) in [6.07, 6.45) is 0.523. The lowest BCUT2D eigenvalue weighted by Crippen LogP contribution is -2.20. The second kappa shape index (κ2) is 6.16. The minimum absolute atomic E-state index is 0.523. The first-order valence-electron chi connectivity index (χ1n) is 6.56. The maximum absolute atomic E-state index is 8.62. The molecule has 0 unspecified atom stereocenters. The number of aryl methyl sites for hydroxylation is 2. The fourth-order valence-corrected chi connectivity index (χ4v) is 3.15. The van der Waals surface area contributed by atoms with Gasteiger partial charge < -0.3 is 5.32 Å². The smallest absolute Gasteiger partial charge is 0.146 e. The molecule has 0 fully saturated rings. The molecule has 106 valence electrons. The lowest BCUT2D eigenvalue weighted by Gasteiger charge is -2.14. The van der Waals surface area contributed by atoms with E-state index in [1.807, 2.05) is 14.1 Å². The molecular weight excluding hydrogens is 270 g/mol. The molecule has 0 bridgehead atoms. The van der Waals surface area contributed by atoms with Gasteiger partial charge in [-0.25, -0.2) is 9.97 Å². The van der Waals surface area contributed by atoms with Crippen molar-refractivity contribution in [3.63, 3.8) is 0 Å². The molecule has 0 spiro atoms. The van der Waals surface area contributed by atoms with Crippen molar-refractivity contribution in [3.8, 4) is 6.07 Å². The van der Waals surface area contributed by atoms with Gasteiger partial charge in [0.1, 0.15) is 16.5 Å². The summed E-state index contributed by atoms with van der Waals surface area (Å²) in [6.45, 7) is 5.61. The molecular formula is C14H19N5S. The zero-order chi connectivity index (χ0) is 14.7. The van der Waals surface area contributed by atoms with Crippen LogP contribution < -0.4 is 5.32 Å². The summed E-state index contributed by atoms with van der Waals surface area (Å²) in [4.78, 5) is 13.6. The van der Waals surface area contributed by atoms with Gasteiger partial charge >= 0.3 is 0 Å². The molecule has 0 atom stereocenters. The third kappa shape index (κ3) is 2.89. The van der Waals surface area contributed by atoms with Crippen LogP contribution in [-0.4, -0.2) is 35.5 Å². The highest BCUT2D eigenvalue weighted by Crippen LogP contribution is 2.33. The van der Waals surface area contributed by atoms with Crippen molar-refractivity contribution in [1.82, 2.24) is 14.9 Å². The molecule has 0 aliphatic rings. The zero-order valence-electron chi connectivity index (χ0n) is 12.3. The van der Waals surface area contributed by atoms with Gasteiger partial charge in [0.15, 0.2) is 0 Å². The third-order valence-electron chi connectivity index (χ3n) is 3.33. The molecule has 0 aliphatic heterocycles. The Bertz CT molecular complexity index is 656. The van der Waals surface area contributed by atoms with E-state index in [2.05, 4.69) is 40.1 Å². The van der Waals surface area contributed by atoms with Crippen LogP contribution in [0.5, 0.6) is 0 Å². The first-order chi connectivity index (χ1) is 9.56. The topological polar surface area (TPSA) is 64.8 Å². The molecule has 0 saturated heterocycles. The van der Waals surface area contributed by atoms with Crippen molar-refractivity contribution < 1.29 is 0 Å². The number of thiophene rings is 1. The van der Waals surface area contributed by atoms with Crippen molar-refractivity contribution in [2.45, 2.75) is 26.8 Å². The zero-order valence-corrected chi connectivity index (χ0v) is 13.1. The highest BCUT2D eigenvalue weighted by molar-refractivity contribution is 7.18. The Balaban J connectivity index is 2.34. The average molecular weight is 289 g/mol. The van der Waals surface area contributed by atoms with Crippen LogP contribution in [0.25, 0.3) is 10.2 Å². The number of hydrogen-bond donors (Lipinski definition) is 1. The molecule has 1 N–H and O–H groups in total. The van der Waals surface area contributed by atoms with Gasteiger partial charge in [-0.3, -0.25) is 4.90 Å². The summed E-state index contributed by atoms with van der Waals surface area (Å²) in [5.74, 6) is 1.68. The van der Waals surface area contributed by atoms with Crippen molar-refractivity contribution in [1.29, 1.82) is 5.26 Å². The Morgan fingerprint density at radius 3 is 2.75 bits per heavy atom. The van der Waals surface area contributed by atoms with Gasteiger partial charge in [-0.2, -0.15) is 5.26 Å². The molecule has 0 aliphatic carbocycles. The van der Waals surface area contributed by atoms with Gasteiger partial charge in [0, 0.05) is 24.9 Å². The van der Waals surface area contributed by atoms with Crippen LogP contribution >= 0.6 is 11.3 Å². The average Bonchev–Trinajstić information content (AvgIpc) is 2.71. The Labute approximate surface area is 123 Å². The fraction of sp³-hybridized carbons (Fsp3) is 0.500. The van der Waals surface area contributed by atoms with Crippen LogP contribution in [0.15, 0.2) is 0 Å². The monoisotopic (exact) mass is 289 g/mol. The molecule has 5 nitrogen and oxygen atoms in total. The van der Waals surface area contributed by atoms with Crippen LogP contribution in [0.4, 0.5) is 5.82 Å². The van der Waals surface area contributed by atoms with E-state index in [0.29, 0.717) is 13.0 Å². The molecule has 0 radical (unpaired) electrons. The predicted molar refractivity (Wildman–Crippen MR) is 83.0 cm³/mol. The normalized spacial score (nSPS) is 11.0. The van der Waals surface area contributed by atoms with E-state index in [1.165, 1.54) is 10.4 Å². The molecule has 2 heterocycles. The summed E-state index contributed by atoms with van der Waals surface area (Å²) >= 11 is 1.71. The molecule has 2 rings (SSSR count). The Hall–Kier alpha value is -1.71. The van der Waals surface area contributed by atoms with Gasteiger partial charge in [-0.05, 0) is 26.5 Å². The van der Waals surface area contributed by atoms with Crippen molar-refractivity contribution in [3.05, 3.63) is 16.3 Å². The number of fused-ring (bicyclic) bond motifs is 1. The highest BCUT2D eigenvalue weighted by atomic mass is 32.1. The van der Waals surface area contributed by atoms with Gasteiger partial charge in [0.2, 0.25) is 0 Å². The number of nitriles is 1. The quantitative estimate of drug-likeness (QED) is 0.916. The van der Waals surface area contributed by atoms with E-state index >= 15 is 0 Å². The molecule has 0 saturated carbocycles. The third-order valence-corrected chi connectivity index (χ3v) is 4.43. The van der Waals surface area contributed by atoms with Crippen molar-refractivity contribution in [2.24, 2.45) is 0 Å². The summed E-state index contributed by atoms with van der Waals surface area (Å²) in [6, 6.07) is 2.15. The van der Waals surface area contributed by atoms with Crippen molar-refractivity contribution in [2.75, 3.05) is 26.0 Å². The number of nitrogens with one attached hydrogen (secondary N) is 1. The second-order valence-electron chi connectivity index (χ2n) is 4.85. The maximum Gasteiger partial charge on any atom is 0.146 e. The van der Waals surface area contributed by atoms with E-state index in [9.17, 15) is 0 Å². The van der Waals surface area contributed by atoms with Gasteiger partial charge in [-0.15, -0.1) is 11.3 Å². The van der Waals surface area contributed by atoms with Gasteiger partial charge in [-0.1, -0.05) is 0 Å². The summed E-state index contributed by atoms with van der Waals surface area (Å²) in [5, 5.41) is 12.9. The van der Waals surface area contributed by atoms with E-state index in [0.717, 1.165) is 28.4 Å².